The predicted octanol–water partition coefficient (Wildman–Crippen LogP) is 2.44. The minimum absolute atomic E-state index is 0.438. The van der Waals surface area contributed by atoms with Crippen LogP contribution in [0.1, 0.15) is 18.4 Å². The molecule has 1 fully saturated rings. The molecule has 3 nitrogen and oxygen atoms in total. The second-order valence-corrected chi connectivity index (χ2v) is 5.03. The number of hydrogen-bond acceptors (Lipinski definition) is 4. The first-order valence-electron chi connectivity index (χ1n) is 5.89. The minimum Gasteiger partial charge on any atom is -0.380 e. The Morgan fingerprint density at radius 1 is 1.53 bits per heavy atom. The molecule has 2 rings (SSSR count). The first-order valence-corrected chi connectivity index (χ1v) is 7.12. The lowest BCUT2D eigenvalue weighted by Gasteiger charge is -2.25. The first kappa shape index (κ1) is 12.3. The molecule has 0 amide bonds. The Bertz CT molecular complexity index is 419. The van der Waals surface area contributed by atoms with Gasteiger partial charge in [0.25, 0.3) is 0 Å². The van der Waals surface area contributed by atoms with Gasteiger partial charge in [-0.3, -0.25) is 0 Å². The molecule has 1 atom stereocenters. The summed E-state index contributed by atoms with van der Waals surface area (Å²) in [6.45, 7) is 2.09. The summed E-state index contributed by atoms with van der Waals surface area (Å²) in [6.07, 6.45) is 4.37. The van der Waals surface area contributed by atoms with Gasteiger partial charge in [0.2, 0.25) is 0 Å². The van der Waals surface area contributed by atoms with E-state index in [9.17, 15) is 5.26 Å². The van der Waals surface area contributed by atoms with E-state index in [1.807, 2.05) is 24.5 Å². The lowest BCUT2D eigenvalue weighted by molar-refractivity contribution is 0.480. The highest BCUT2D eigenvalue weighted by molar-refractivity contribution is 7.98. The summed E-state index contributed by atoms with van der Waals surface area (Å²) in [5.74, 6) is 0. The van der Waals surface area contributed by atoms with E-state index in [1.165, 1.54) is 12.8 Å². The maximum atomic E-state index is 9.24. The molecule has 1 saturated heterocycles. The molecule has 1 aliphatic rings. The van der Waals surface area contributed by atoms with Gasteiger partial charge in [0.1, 0.15) is 6.07 Å². The van der Waals surface area contributed by atoms with Gasteiger partial charge in [-0.1, -0.05) is 6.07 Å². The van der Waals surface area contributed by atoms with Gasteiger partial charge in [0.05, 0.1) is 11.3 Å². The lowest BCUT2D eigenvalue weighted by Crippen LogP contribution is -2.38. The molecule has 1 aromatic carbocycles. The SMILES string of the molecule is CSc1cccc(NC2CCCNC2)c1C#N. The van der Waals surface area contributed by atoms with Crippen molar-refractivity contribution in [3.8, 4) is 6.07 Å². The maximum Gasteiger partial charge on any atom is 0.102 e. The van der Waals surface area contributed by atoms with Gasteiger partial charge >= 0.3 is 0 Å². The highest BCUT2D eigenvalue weighted by Gasteiger charge is 2.15. The van der Waals surface area contributed by atoms with Crippen molar-refractivity contribution in [3.63, 3.8) is 0 Å². The summed E-state index contributed by atoms with van der Waals surface area (Å²) in [5.41, 5.74) is 1.73. The summed E-state index contributed by atoms with van der Waals surface area (Å²) in [6, 6.07) is 8.73. The normalized spacial score (nSPS) is 19.6. The molecule has 0 aromatic heterocycles. The summed E-state index contributed by atoms with van der Waals surface area (Å²) >= 11 is 1.62. The number of benzene rings is 1. The summed E-state index contributed by atoms with van der Waals surface area (Å²) in [5, 5.41) is 16.1. The van der Waals surface area contributed by atoms with Crippen LogP contribution in [0.2, 0.25) is 0 Å². The van der Waals surface area contributed by atoms with Crippen LogP contribution >= 0.6 is 11.8 Å². The Labute approximate surface area is 107 Å². The van der Waals surface area contributed by atoms with Gasteiger partial charge in [-0.15, -0.1) is 11.8 Å². The predicted molar refractivity (Wildman–Crippen MR) is 72.5 cm³/mol. The zero-order valence-corrected chi connectivity index (χ0v) is 10.8. The Hall–Kier alpha value is -1.18. The quantitative estimate of drug-likeness (QED) is 0.805. The van der Waals surface area contributed by atoms with Crippen molar-refractivity contribution >= 4 is 17.4 Å². The van der Waals surface area contributed by atoms with Crippen molar-refractivity contribution < 1.29 is 0 Å². The Morgan fingerprint density at radius 2 is 2.41 bits per heavy atom. The smallest absolute Gasteiger partial charge is 0.102 e. The van der Waals surface area contributed by atoms with Crippen molar-refractivity contribution in [1.29, 1.82) is 5.26 Å². The van der Waals surface area contributed by atoms with Crippen molar-refractivity contribution in [1.82, 2.24) is 5.32 Å². The van der Waals surface area contributed by atoms with E-state index in [4.69, 9.17) is 0 Å². The van der Waals surface area contributed by atoms with Crippen LogP contribution in [0.3, 0.4) is 0 Å². The maximum absolute atomic E-state index is 9.24. The van der Waals surface area contributed by atoms with Gasteiger partial charge in [-0.2, -0.15) is 5.26 Å². The van der Waals surface area contributed by atoms with Crippen molar-refractivity contribution in [2.75, 3.05) is 24.7 Å². The molecule has 0 aliphatic carbocycles. The van der Waals surface area contributed by atoms with Gasteiger partial charge in [-0.05, 0) is 37.8 Å². The standard InChI is InChI=1S/C13H17N3S/c1-17-13-6-2-5-12(11(13)8-14)16-10-4-3-7-15-9-10/h2,5-6,10,15-16H,3-4,7,9H2,1H3. The van der Waals surface area contributed by atoms with E-state index in [1.54, 1.807) is 11.8 Å². The van der Waals surface area contributed by atoms with Crippen LogP contribution in [0, 0.1) is 11.3 Å². The fourth-order valence-electron chi connectivity index (χ4n) is 2.13. The molecule has 1 heterocycles. The second-order valence-electron chi connectivity index (χ2n) is 4.18. The molecule has 0 bridgehead atoms. The number of nitrogens with zero attached hydrogens (tertiary/aromatic N) is 1. The average Bonchev–Trinajstić information content (AvgIpc) is 2.39. The number of hydrogen-bond donors (Lipinski definition) is 2. The number of rotatable bonds is 3. The zero-order valence-electron chi connectivity index (χ0n) is 9.99. The molecular formula is C13H17N3S. The Kier molecular flexibility index (Phi) is 4.29. The number of anilines is 1. The van der Waals surface area contributed by atoms with Gasteiger partial charge in [-0.25, -0.2) is 0 Å². The van der Waals surface area contributed by atoms with Gasteiger partial charge < -0.3 is 10.6 Å². The molecule has 1 aliphatic heterocycles. The van der Waals surface area contributed by atoms with E-state index in [0.717, 1.165) is 29.2 Å². The second kappa shape index (κ2) is 5.95. The number of nitrogens with one attached hydrogen (secondary N) is 2. The van der Waals surface area contributed by atoms with Crippen LogP contribution in [-0.4, -0.2) is 25.4 Å². The molecule has 90 valence electrons. The van der Waals surface area contributed by atoms with Crippen LogP contribution in [0.25, 0.3) is 0 Å². The molecule has 1 unspecified atom stereocenters. The Morgan fingerprint density at radius 3 is 3.06 bits per heavy atom. The third-order valence-corrected chi connectivity index (χ3v) is 3.79. The molecule has 0 radical (unpaired) electrons. The number of piperidine rings is 1. The van der Waals surface area contributed by atoms with Crippen LogP contribution in [0.4, 0.5) is 5.69 Å². The Balaban J connectivity index is 2.17. The van der Waals surface area contributed by atoms with E-state index < -0.39 is 0 Å². The monoisotopic (exact) mass is 247 g/mol. The van der Waals surface area contributed by atoms with Crippen LogP contribution < -0.4 is 10.6 Å². The minimum atomic E-state index is 0.438. The molecule has 2 N–H and O–H groups in total. The highest BCUT2D eigenvalue weighted by Crippen LogP contribution is 2.27. The highest BCUT2D eigenvalue weighted by atomic mass is 32.2. The van der Waals surface area contributed by atoms with Crippen molar-refractivity contribution in [2.45, 2.75) is 23.8 Å². The number of thioether (sulfide) groups is 1. The van der Waals surface area contributed by atoms with E-state index in [-0.39, 0.29) is 0 Å². The molecule has 1 aromatic rings. The molecule has 0 saturated carbocycles. The third-order valence-electron chi connectivity index (χ3n) is 3.01. The van der Waals surface area contributed by atoms with Crippen LogP contribution in [0.5, 0.6) is 0 Å². The molecule has 0 spiro atoms. The molecule has 17 heavy (non-hydrogen) atoms. The molecular weight excluding hydrogens is 230 g/mol. The van der Waals surface area contributed by atoms with Gasteiger partial charge in [0, 0.05) is 17.5 Å². The van der Waals surface area contributed by atoms with Crippen LogP contribution in [0.15, 0.2) is 23.1 Å². The largest absolute Gasteiger partial charge is 0.380 e. The van der Waals surface area contributed by atoms with E-state index in [0.29, 0.717) is 6.04 Å². The lowest BCUT2D eigenvalue weighted by atomic mass is 10.1. The molecule has 4 heteroatoms. The summed E-state index contributed by atoms with van der Waals surface area (Å²) in [7, 11) is 0. The average molecular weight is 247 g/mol. The third kappa shape index (κ3) is 2.93. The topological polar surface area (TPSA) is 47.8 Å². The summed E-state index contributed by atoms with van der Waals surface area (Å²) in [4.78, 5) is 1.04. The van der Waals surface area contributed by atoms with Crippen LogP contribution in [-0.2, 0) is 0 Å². The van der Waals surface area contributed by atoms with Crippen molar-refractivity contribution in [3.05, 3.63) is 23.8 Å². The fourth-order valence-corrected chi connectivity index (χ4v) is 2.71. The number of nitriles is 1. The fraction of sp³-hybridized carbons (Fsp3) is 0.462. The first-order chi connectivity index (χ1) is 8.35. The van der Waals surface area contributed by atoms with E-state index >= 15 is 0 Å². The van der Waals surface area contributed by atoms with Crippen molar-refractivity contribution in [2.24, 2.45) is 0 Å². The van der Waals surface area contributed by atoms with Gasteiger partial charge in [0.15, 0.2) is 0 Å². The summed E-state index contributed by atoms with van der Waals surface area (Å²) < 4.78 is 0. The zero-order chi connectivity index (χ0) is 12.1. The van der Waals surface area contributed by atoms with E-state index in [2.05, 4.69) is 16.7 Å².